The second-order valence-corrected chi connectivity index (χ2v) is 6.08. The first-order valence-corrected chi connectivity index (χ1v) is 7.60. The number of rotatable bonds is 1. The Labute approximate surface area is 116 Å². The van der Waals surface area contributed by atoms with E-state index in [-0.39, 0.29) is 11.6 Å². The van der Waals surface area contributed by atoms with Crippen molar-refractivity contribution in [3.8, 4) is 16.9 Å². The summed E-state index contributed by atoms with van der Waals surface area (Å²) in [6.45, 7) is 0. The van der Waals surface area contributed by atoms with Gasteiger partial charge in [0.1, 0.15) is 17.3 Å². The molecule has 0 fully saturated rings. The Morgan fingerprint density at radius 2 is 1.70 bits per heavy atom. The van der Waals surface area contributed by atoms with Crippen LogP contribution in [0.2, 0.25) is 0 Å². The van der Waals surface area contributed by atoms with Crippen LogP contribution in [0, 0.1) is 5.82 Å². The van der Waals surface area contributed by atoms with E-state index < -0.39 is 10.1 Å². The molecular weight excluding hydrogens is 279 g/mol. The van der Waals surface area contributed by atoms with Crippen LogP contribution in [-0.2, 0) is 10.1 Å². The molecule has 0 saturated heterocycles. The molecule has 0 bridgehead atoms. The van der Waals surface area contributed by atoms with E-state index in [1.165, 1.54) is 12.1 Å². The van der Waals surface area contributed by atoms with Crippen molar-refractivity contribution in [3.63, 3.8) is 0 Å². The van der Waals surface area contributed by atoms with Crippen molar-refractivity contribution < 1.29 is 17.0 Å². The summed E-state index contributed by atoms with van der Waals surface area (Å²) in [5.41, 5.74) is 2.42. The quantitative estimate of drug-likeness (QED) is 0.757. The van der Waals surface area contributed by atoms with Crippen molar-refractivity contribution in [3.05, 3.63) is 59.9 Å². The van der Waals surface area contributed by atoms with E-state index >= 15 is 0 Å². The van der Waals surface area contributed by atoms with Gasteiger partial charge in [-0.1, -0.05) is 30.4 Å². The fraction of sp³-hybridized carbons (Fsp3) is 0.0667. The third kappa shape index (κ3) is 2.58. The highest BCUT2D eigenvalue weighted by Gasteiger charge is 2.16. The van der Waals surface area contributed by atoms with Gasteiger partial charge < -0.3 is 4.18 Å². The summed E-state index contributed by atoms with van der Waals surface area (Å²) in [7, 11) is -3.55. The first kappa shape index (κ1) is 12.9. The molecule has 0 atom stereocenters. The van der Waals surface area contributed by atoms with Crippen LogP contribution in [0.5, 0.6) is 5.75 Å². The molecule has 0 unspecified atom stereocenters. The van der Waals surface area contributed by atoms with E-state index in [0.29, 0.717) is 11.3 Å². The maximum Gasteiger partial charge on any atom is 0.312 e. The van der Waals surface area contributed by atoms with Crippen LogP contribution in [-0.4, -0.2) is 14.2 Å². The van der Waals surface area contributed by atoms with Crippen LogP contribution >= 0.6 is 0 Å². The molecule has 0 saturated carbocycles. The fourth-order valence-electron chi connectivity index (χ4n) is 2.04. The number of hydrogen-bond donors (Lipinski definition) is 0. The molecule has 0 radical (unpaired) electrons. The predicted octanol–water partition coefficient (Wildman–Crippen LogP) is 3.23. The van der Waals surface area contributed by atoms with Gasteiger partial charge in [-0.05, 0) is 35.4 Å². The molecule has 1 heterocycles. The number of halogens is 1. The van der Waals surface area contributed by atoms with Crippen molar-refractivity contribution >= 4 is 16.2 Å². The standard InChI is InChI=1S/C15H11FO3S/c16-14-6-3-11(4-7-14)12-5-8-15-13(10-12)2-1-9-20(17,18)19-15/h1-8,10H,9H2. The minimum atomic E-state index is -3.55. The lowest BCUT2D eigenvalue weighted by Crippen LogP contribution is -2.11. The Bertz CT molecular complexity index is 777. The van der Waals surface area contributed by atoms with E-state index in [9.17, 15) is 12.8 Å². The molecule has 0 aromatic heterocycles. The minimum absolute atomic E-state index is 0.145. The highest BCUT2D eigenvalue weighted by molar-refractivity contribution is 7.87. The Hall–Kier alpha value is -2.14. The van der Waals surface area contributed by atoms with E-state index in [2.05, 4.69) is 0 Å². The van der Waals surface area contributed by atoms with Crippen LogP contribution in [0.3, 0.4) is 0 Å². The second kappa shape index (κ2) is 4.76. The molecule has 20 heavy (non-hydrogen) atoms. The summed E-state index contributed by atoms with van der Waals surface area (Å²) in [4.78, 5) is 0. The lowest BCUT2D eigenvalue weighted by molar-refractivity contribution is 0.490. The molecule has 1 aliphatic heterocycles. The smallest absolute Gasteiger partial charge is 0.312 e. The molecule has 0 spiro atoms. The van der Waals surface area contributed by atoms with E-state index in [0.717, 1.165) is 11.1 Å². The summed E-state index contributed by atoms with van der Waals surface area (Å²) in [5.74, 6) is -0.129. The van der Waals surface area contributed by atoms with Gasteiger partial charge in [-0.25, -0.2) is 4.39 Å². The van der Waals surface area contributed by atoms with Crippen molar-refractivity contribution in [2.24, 2.45) is 0 Å². The average Bonchev–Trinajstić information content (AvgIpc) is 2.55. The van der Waals surface area contributed by atoms with Crippen LogP contribution in [0.1, 0.15) is 5.56 Å². The third-order valence-corrected chi connectivity index (χ3v) is 4.04. The summed E-state index contributed by atoms with van der Waals surface area (Å²) in [6.07, 6.45) is 3.27. The Kier molecular flexibility index (Phi) is 3.06. The van der Waals surface area contributed by atoms with E-state index in [1.807, 2.05) is 6.07 Å². The second-order valence-electron chi connectivity index (χ2n) is 4.47. The van der Waals surface area contributed by atoms with Gasteiger partial charge in [-0.3, -0.25) is 0 Å². The number of benzene rings is 2. The zero-order valence-corrected chi connectivity index (χ0v) is 11.2. The van der Waals surface area contributed by atoms with Gasteiger partial charge in [0.05, 0.1) is 0 Å². The maximum atomic E-state index is 12.9. The molecular formula is C15H11FO3S. The zero-order chi connectivity index (χ0) is 14.2. The highest BCUT2D eigenvalue weighted by Crippen LogP contribution is 2.30. The van der Waals surface area contributed by atoms with Crippen molar-refractivity contribution in [2.75, 3.05) is 5.75 Å². The van der Waals surface area contributed by atoms with Gasteiger partial charge in [0, 0.05) is 5.56 Å². The van der Waals surface area contributed by atoms with Crippen LogP contribution in [0.15, 0.2) is 48.5 Å². The topological polar surface area (TPSA) is 43.4 Å². The SMILES string of the molecule is O=S1(=O)CC=Cc2cc(-c3ccc(F)cc3)ccc2O1. The minimum Gasteiger partial charge on any atom is -0.382 e. The first-order valence-electron chi connectivity index (χ1n) is 6.02. The average molecular weight is 290 g/mol. The molecule has 5 heteroatoms. The molecule has 0 amide bonds. The monoisotopic (exact) mass is 290 g/mol. The van der Waals surface area contributed by atoms with Crippen LogP contribution in [0.25, 0.3) is 17.2 Å². The normalized spacial score (nSPS) is 16.1. The molecule has 2 aromatic carbocycles. The van der Waals surface area contributed by atoms with Gasteiger partial charge in [0.15, 0.2) is 0 Å². The highest BCUT2D eigenvalue weighted by atomic mass is 32.2. The number of hydrogen-bond acceptors (Lipinski definition) is 3. The fourth-order valence-corrected chi connectivity index (χ4v) is 2.87. The van der Waals surface area contributed by atoms with Gasteiger partial charge in [0.25, 0.3) is 0 Å². The Morgan fingerprint density at radius 1 is 1.00 bits per heavy atom. The molecule has 0 aliphatic carbocycles. The number of fused-ring (bicyclic) bond motifs is 1. The Morgan fingerprint density at radius 3 is 2.45 bits per heavy atom. The van der Waals surface area contributed by atoms with E-state index in [1.54, 1.807) is 36.4 Å². The van der Waals surface area contributed by atoms with Gasteiger partial charge >= 0.3 is 10.1 Å². The maximum absolute atomic E-state index is 12.9. The molecule has 1 aliphatic rings. The molecule has 0 N–H and O–H groups in total. The predicted molar refractivity (Wildman–Crippen MR) is 75.3 cm³/mol. The first-order chi connectivity index (χ1) is 9.53. The molecule has 3 nitrogen and oxygen atoms in total. The largest absolute Gasteiger partial charge is 0.382 e. The van der Waals surface area contributed by atoms with Crippen molar-refractivity contribution in [1.82, 2.24) is 0 Å². The van der Waals surface area contributed by atoms with Gasteiger partial charge in [-0.2, -0.15) is 8.42 Å². The summed E-state index contributed by atoms with van der Waals surface area (Å²) < 4.78 is 40.9. The summed E-state index contributed by atoms with van der Waals surface area (Å²) >= 11 is 0. The third-order valence-electron chi connectivity index (χ3n) is 3.00. The van der Waals surface area contributed by atoms with Crippen molar-refractivity contribution in [2.45, 2.75) is 0 Å². The zero-order valence-electron chi connectivity index (χ0n) is 10.4. The van der Waals surface area contributed by atoms with E-state index in [4.69, 9.17) is 4.18 Å². The Balaban J connectivity index is 2.05. The lowest BCUT2D eigenvalue weighted by atomic mass is 10.0. The van der Waals surface area contributed by atoms with Gasteiger partial charge in [-0.15, -0.1) is 0 Å². The molecule has 3 rings (SSSR count). The van der Waals surface area contributed by atoms with Gasteiger partial charge in [0.2, 0.25) is 0 Å². The van der Waals surface area contributed by atoms with Crippen LogP contribution in [0.4, 0.5) is 4.39 Å². The summed E-state index contributed by atoms with van der Waals surface area (Å²) in [6, 6.07) is 11.3. The van der Waals surface area contributed by atoms with Crippen LogP contribution < -0.4 is 4.18 Å². The molecule has 102 valence electrons. The molecule has 2 aromatic rings. The lowest BCUT2D eigenvalue weighted by Gasteiger charge is -2.08. The summed E-state index contributed by atoms with van der Waals surface area (Å²) in [5, 5.41) is 0. The van der Waals surface area contributed by atoms with Crippen molar-refractivity contribution in [1.29, 1.82) is 0 Å².